The van der Waals surface area contributed by atoms with Gasteiger partial charge in [-0.3, -0.25) is 4.90 Å². The molecule has 114 valence electrons. The summed E-state index contributed by atoms with van der Waals surface area (Å²) in [4.78, 5) is 2.50. The van der Waals surface area contributed by atoms with Gasteiger partial charge in [-0.1, -0.05) is 38.3 Å². The minimum atomic E-state index is -0.117. The first-order chi connectivity index (χ1) is 9.31. The molecule has 20 heavy (non-hydrogen) atoms. The molecule has 0 aliphatic carbocycles. The topological polar surface area (TPSA) is 15.3 Å². The highest BCUT2D eigenvalue weighted by Crippen LogP contribution is 2.27. The molecule has 0 unspecified atom stereocenters. The Morgan fingerprint density at radius 2 is 2.00 bits per heavy atom. The molecule has 1 saturated heterocycles. The first kappa shape index (κ1) is 17.4. The summed E-state index contributed by atoms with van der Waals surface area (Å²) in [5.41, 5.74) is 1.14. The lowest BCUT2D eigenvalue weighted by Gasteiger charge is -2.35. The van der Waals surface area contributed by atoms with Gasteiger partial charge in [0.05, 0.1) is 0 Å². The lowest BCUT2D eigenvalue weighted by Crippen LogP contribution is -2.45. The molecule has 4 heteroatoms. The molecule has 0 radical (unpaired) electrons. The van der Waals surface area contributed by atoms with Gasteiger partial charge < -0.3 is 5.32 Å². The normalized spacial score (nSPS) is 17.5. The largest absolute Gasteiger partial charge is 0.314 e. The van der Waals surface area contributed by atoms with E-state index in [0.29, 0.717) is 6.04 Å². The van der Waals surface area contributed by atoms with Crippen LogP contribution >= 0.6 is 12.4 Å². The molecule has 0 saturated carbocycles. The van der Waals surface area contributed by atoms with E-state index in [4.69, 9.17) is 0 Å². The maximum absolute atomic E-state index is 13.5. The van der Waals surface area contributed by atoms with E-state index in [1.165, 1.54) is 25.3 Å². The van der Waals surface area contributed by atoms with Crippen molar-refractivity contribution in [1.29, 1.82) is 0 Å². The SMILES string of the molecule is CCCCC[C@H](c1cccc(F)c1)N1CCNCC1.Cl. The molecule has 1 atom stereocenters. The quantitative estimate of drug-likeness (QED) is 0.805. The van der Waals surface area contributed by atoms with E-state index >= 15 is 0 Å². The van der Waals surface area contributed by atoms with Gasteiger partial charge in [-0.05, 0) is 24.1 Å². The van der Waals surface area contributed by atoms with Crippen LogP contribution in [0.15, 0.2) is 24.3 Å². The number of rotatable bonds is 6. The van der Waals surface area contributed by atoms with E-state index in [0.717, 1.165) is 38.2 Å². The number of hydrogen-bond donors (Lipinski definition) is 1. The van der Waals surface area contributed by atoms with Gasteiger partial charge in [-0.15, -0.1) is 12.4 Å². The number of nitrogens with one attached hydrogen (secondary N) is 1. The Kier molecular flexibility index (Phi) is 8.12. The van der Waals surface area contributed by atoms with Crippen molar-refractivity contribution in [3.8, 4) is 0 Å². The molecular weight excluding hydrogens is 275 g/mol. The molecule has 0 spiro atoms. The first-order valence-corrected chi connectivity index (χ1v) is 7.51. The van der Waals surface area contributed by atoms with E-state index < -0.39 is 0 Å². The first-order valence-electron chi connectivity index (χ1n) is 7.51. The molecule has 1 N–H and O–H groups in total. The Labute approximate surface area is 128 Å². The summed E-state index contributed by atoms with van der Waals surface area (Å²) >= 11 is 0. The van der Waals surface area contributed by atoms with Crippen LogP contribution in [0, 0.1) is 5.82 Å². The van der Waals surface area contributed by atoms with Crippen LogP contribution in [0.4, 0.5) is 4.39 Å². The van der Waals surface area contributed by atoms with Crippen LogP contribution in [0.5, 0.6) is 0 Å². The lowest BCUT2D eigenvalue weighted by molar-refractivity contribution is 0.162. The monoisotopic (exact) mass is 300 g/mol. The second kappa shape index (κ2) is 9.32. The van der Waals surface area contributed by atoms with Crippen LogP contribution < -0.4 is 5.32 Å². The van der Waals surface area contributed by atoms with Crippen LogP contribution in [-0.4, -0.2) is 31.1 Å². The number of unbranched alkanes of at least 4 members (excludes halogenated alkanes) is 2. The minimum Gasteiger partial charge on any atom is -0.314 e. The minimum absolute atomic E-state index is 0. The van der Waals surface area contributed by atoms with E-state index in [9.17, 15) is 4.39 Å². The third kappa shape index (κ3) is 5.04. The van der Waals surface area contributed by atoms with E-state index in [1.54, 1.807) is 6.07 Å². The molecule has 0 aromatic heterocycles. The average Bonchev–Trinajstić information content (AvgIpc) is 2.45. The molecule has 0 bridgehead atoms. The van der Waals surface area contributed by atoms with Gasteiger partial charge in [0.15, 0.2) is 0 Å². The third-order valence-corrected chi connectivity index (χ3v) is 3.91. The molecule has 1 heterocycles. The van der Waals surface area contributed by atoms with Gasteiger partial charge >= 0.3 is 0 Å². The molecule has 1 aliphatic rings. The Balaban J connectivity index is 0.00000200. The predicted molar refractivity (Wildman–Crippen MR) is 85.0 cm³/mol. The molecule has 1 aromatic carbocycles. The lowest BCUT2D eigenvalue weighted by atomic mass is 9.98. The van der Waals surface area contributed by atoms with Crippen LogP contribution in [0.3, 0.4) is 0 Å². The highest BCUT2D eigenvalue weighted by atomic mass is 35.5. The van der Waals surface area contributed by atoms with Crippen molar-refractivity contribution in [3.63, 3.8) is 0 Å². The van der Waals surface area contributed by atoms with Crippen LogP contribution in [-0.2, 0) is 0 Å². The smallest absolute Gasteiger partial charge is 0.123 e. The average molecular weight is 301 g/mol. The van der Waals surface area contributed by atoms with Crippen molar-refractivity contribution in [3.05, 3.63) is 35.6 Å². The van der Waals surface area contributed by atoms with E-state index in [-0.39, 0.29) is 18.2 Å². The van der Waals surface area contributed by atoms with Gasteiger partial charge in [0.2, 0.25) is 0 Å². The second-order valence-corrected chi connectivity index (χ2v) is 5.35. The number of hydrogen-bond acceptors (Lipinski definition) is 2. The number of benzene rings is 1. The Hall–Kier alpha value is -0.640. The summed E-state index contributed by atoms with van der Waals surface area (Å²) in [6.45, 7) is 6.43. The summed E-state index contributed by atoms with van der Waals surface area (Å²) in [7, 11) is 0. The number of piperazine rings is 1. The fourth-order valence-electron chi connectivity index (χ4n) is 2.86. The summed E-state index contributed by atoms with van der Waals surface area (Å²) in [6.07, 6.45) is 4.86. The van der Waals surface area contributed by atoms with Crippen molar-refractivity contribution in [2.45, 2.75) is 38.6 Å². The fourth-order valence-corrected chi connectivity index (χ4v) is 2.86. The fraction of sp³-hybridized carbons (Fsp3) is 0.625. The zero-order chi connectivity index (χ0) is 13.5. The number of halogens is 2. The predicted octanol–water partition coefficient (Wildman–Crippen LogP) is 3.77. The third-order valence-electron chi connectivity index (χ3n) is 3.91. The maximum atomic E-state index is 13.5. The summed E-state index contributed by atoms with van der Waals surface area (Å²) < 4.78 is 13.5. The Bertz CT molecular complexity index is 380. The van der Waals surface area contributed by atoms with Gasteiger partial charge in [-0.2, -0.15) is 0 Å². The van der Waals surface area contributed by atoms with Crippen LogP contribution in [0.25, 0.3) is 0 Å². The molecular formula is C16H26ClFN2. The van der Waals surface area contributed by atoms with Crippen molar-refractivity contribution < 1.29 is 4.39 Å². The molecule has 2 nitrogen and oxygen atoms in total. The molecule has 1 aliphatic heterocycles. The van der Waals surface area contributed by atoms with Crippen molar-refractivity contribution in [1.82, 2.24) is 10.2 Å². The Morgan fingerprint density at radius 1 is 1.25 bits per heavy atom. The van der Waals surface area contributed by atoms with E-state index in [1.807, 2.05) is 6.07 Å². The summed E-state index contributed by atoms with van der Waals surface area (Å²) in [6, 6.07) is 7.52. The zero-order valence-electron chi connectivity index (χ0n) is 12.3. The zero-order valence-corrected chi connectivity index (χ0v) is 13.1. The molecule has 2 rings (SSSR count). The second-order valence-electron chi connectivity index (χ2n) is 5.35. The van der Waals surface area contributed by atoms with Gasteiger partial charge in [0.1, 0.15) is 5.82 Å². The highest BCUT2D eigenvalue weighted by molar-refractivity contribution is 5.85. The molecule has 1 aromatic rings. The van der Waals surface area contributed by atoms with Crippen molar-refractivity contribution in [2.75, 3.05) is 26.2 Å². The van der Waals surface area contributed by atoms with E-state index in [2.05, 4.69) is 23.2 Å². The highest BCUT2D eigenvalue weighted by Gasteiger charge is 2.21. The van der Waals surface area contributed by atoms with Crippen molar-refractivity contribution >= 4 is 12.4 Å². The number of nitrogens with zero attached hydrogens (tertiary/aromatic N) is 1. The summed E-state index contributed by atoms with van der Waals surface area (Å²) in [5.74, 6) is -0.117. The summed E-state index contributed by atoms with van der Waals surface area (Å²) in [5, 5.41) is 3.38. The van der Waals surface area contributed by atoms with Gasteiger partial charge in [0, 0.05) is 32.2 Å². The maximum Gasteiger partial charge on any atom is 0.123 e. The molecule has 1 fully saturated rings. The van der Waals surface area contributed by atoms with Crippen LogP contribution in [0.2, 0.25) is 0 Å². The molecule has 0 amide bonds. The van der Waals surface area contributed by atoms with Crippen LogP contribution in [0.1, 0.15) is 44.2 Å². The Morgan fingerprint density at radius 3 is 2.65 bits per heavy atom. The standard InChI is InChI=1S/C16H25FN2.ClH/c1-2-3-4-8-16(19-11-9-18-10-12-19)14-6-5-7-15(17)13-14;/h5-7,13,16,18H,2-4,8-12H2,1H3;1H/t16-;/m1./s1. The van der Waals surface area contributed by atoms with Crippen molar-refractivity contribution in [2.24, 2.45) is 0 Å². The van der Waals surface area contributed by atoms with Gasteiger partial charge in [0.25, 0.3) is 0 Å². The van der Waals surface area contributed by atoms with Gasteiger partial charge in [-0.25, -0.2) is 4.39 Å².